The van der Waals surface area contributed by atoms with Crippen molar-refractivity contribution in [3.05, 3.63) is 23.7 Å². The van der Waals surface area contributed by atoms with Gasteiger partial charge in [-0.3, -0.25) is 0 Å². The standard InChI is InChI=1S/C15H18F2N6O2/c1-8-10(13-20-14(12(16)17)22(2)21-13)3-4-11(18-8)19-9-5-6-23(7-9)15(24)25/h3-4,9,12H,5-7H2,1-2H3,(H,18,19)(H,24,25)/t9-/m0/s1. The second-order valence-electron chi connectivity index (χ2n) is 5.91. The van der Waals surface area contributed by atoms with Crippen LogP contribution in [0.3, 0.4) is 0 Å². The maximum atomic E-state index is 12.8. The number of hydrogen-bond acceptors (Lipinski definition) is 5. The van der Waals surface area contributed by atoms with Gasteiger partial charge >= 0.3 is 6.09 Å². The lowest BCUT2D eigenvalue weighted by Crippen LogP contribution is -2.30. The van der Waals surface area contributed by atoms with Crippen LogP contribution in [0.5, 0.6) is 0 Å². The normalized spacial score (nSPS) is 17.3. The molecule has 2 N–H and O–H groups in total. The van der Waals surface area contributed by atoms with Gasteiger partial charge in [0.1, 0.15) is 5.82 Å². The molecule has 134 valence electrons. The van der Waals surface area contributed by atoms with Crippen LogP contribution in [-0.4, -0.2) is 55.0 Å². The van der Waals surface area contributed by atoms with Crippen molar-refractivity contribution >= 4 is 11.9 Å². The van der Waals surface area contributed by atoms with E-state index in [4.69, 9.17) is 5.11 Å². The van der Waals surface area contributed by atoms with Crippen LogP contribution >= 0.6 is 0 Å². The van der Waals surface area contributed by atoms with Gasteiger partial charge in [-0.1, -0.05) is 0 Å². The fourth-order valence-electron chi connectivity index (χ4n) is 2.84. The van der Waals surface area contributed by atoms with Crippen molar-refractivity contribution in [2.75, 3.05) is 18.4 Å². The number of carbonyl (C=O) groups is 1. The van der Waals surface area contributed by atoms with Crippen molar-refractivity contribution in [3.8, 4) is 11.4 Å². The van der Waals surface area contributed by atoms with Gasteiger partial charge in [0, 0.05) is 31.7 Å². The van der Waals surface area contributed by atoms with E-state index >= 15 is 0 Å². The van der Waals surface area contributed by atoms with E-state index in [1.165, 1.54) is 11.9 Å². The molecule has 2 aromatic rings. The number of amides is 1. The first kappa shape index (κ1) is 17.1. The number of rotatable bonds is 4. The highest BCUT2D eigenvalue weighted by Gasteiger charge is 2.26. The van der Waals surface area contributed by atoms with Crippen molar-refractivity contribution in [1.29, 1.82) is 0 Å². The summed E-state index contributed by atoms with van der Waals surface area (Å²) in [5, 5.41) is 16.2. The van der Waals surface area contributed by atoms with Crippen LogP contribution < -0.4 is 5.32 Å². The predicted octanol–water partition coefficient (Wildman–Crippen LogP) is 2.29. The molecule has 0 aromatic carbocycles. The zero-order valence-electron chi connectivity index (χ0n) is 13.8. The zero-order valence-corrected chi connectivity index (χ0v) is 13.8. The first-order valence-electron chi connectivity index (χ1n) is 7.76. The van der Waals surface area contributed by atoms with Crippen LogP contribution in [0.2, 0.25) is 0 Å². The first-order chi connectivity index (χ1) is 11.8. The summed E-state index contributed by atoms with van der Waals surface area (Å²) in [6.07, 6.45) is -2.92. The molecule has 3 rings (SSSR count). The van der Waals surface area contributed by atoms with E-state index in [1.807, 2.05) is 0 Å². The number of pyridine rings is 1. The molecule has 1 aliphatic heterocycles. The number of aryl methyl sites for hydroxylation is 2. The van der Waals surface area contributed by atoms with Gasteiger partial charge in [0.15, 0.2) is 11.6 Å². The van der Waals surface area contributed by atoms with Crippen molar-refractivity contribution in [3.63, 3.8) is 0 Å². The van der Waals surface area contributed by atoms with Crippen LogP contribution in [0, 0.1) is 6.92 Å². The fraction of sp³-hybridized carbons (Fsp3) is 0.467. The number of likely N-dealkylation sites (tertiary alicyclic amines) is 1. The third kappa shape index (κ3) is 3.52. The molecular formula is C15H18F2N6O2. The highest BCUT2D eigenvalue weighted by molar-refractivity contribution is 5.65. The Morgan fingerprint density at radius 1 is 1.40 bits per heavy atom. The maximum Gasteiger partial charge on any atom is 0.407 e. The van der Waals surface area contributed by atoms with E-state index in [1.54, 1.807) is 19.1 Å². The second kappa shape index (κ2) is 6.61. The van der Waals surface area contributed by atoms with Crippen LogP contribution in [0.15, 0.2) is 12.1 Å². The van der Waals surface area contributed by atoms with E-state index < -0.39 is 18.3 Å². The lowest BCUT2D eigenvalue weighted by Gasteiger charge is -2.15. The molecule has 1 amide bonds. The molecule has 0 saturated carbocycles. The molecule has 1 saturated heterocycles. The van der Waals surface area contributed by atoms with Crippen LogP contribution in [0.1, 0.15) is 24.4 Å². The van der Waals surface area contributed by atoms with Gasteiger partial charge in [0.05, 0.1) is 5.69 Å². The molecule has 3 heterocycles. The van der Waals surface area contributed by atoms with E-state index in [2.05, 4.69) is 20.4 Å². The van der Waals surface area contributed by atoms with Gasteiger partial charge in [0.2, 0.25) is 0 Å². The number of alkyl halides is 2. The summed E-state index contributed by atoms with van der Waals surface area (Å²) in [5.41, 5.74) is 1.18. The minimum absolute atomic E-state index is 0.00717. The van der Waals surface area contributed by atoms with Crippen molar-refractivity contribution in [1.82, 2.24) is 24.6 Å². The number of anilines is 1. The Balaban J connectivity index is 1.75. The van der Waals surface area contributed by atoms with E-state index in [-0.39, 0.29) is 11.9 Å². The van der Waals surface area contributed by atoms with Crippen LogP contribution in [0.25, 0.3) is 11.4 Å². The van der Waals surface area contributed by atoms with Crippen LogP contribution in [-0.2, 0) is 7.05 Å². The SMILES string of the molecule is Cc1nc(N[C@H]2CCN(C(=O)O)C2)ccc1-c1nc(C(F)F)n(C)n1. The lowest BCUT2D eigenvalue weighted by atomic mass is 10.2. The highest BCUT2D eigenvalue weighted by Crippen LogP contribution is 2.24. The maximum absolute atomic E-state index is 12.8. The molecule has 2 aromatic heterocycles. The predicted molar refractivity (Wildman–Crippen MR) is 85.6 cm³/mol. The number of aromatic nitrogens is 4. The summed E-state index contributed by atoms with van der Waals surface area (Å²) in [5.74, 6) is 0.409. The third-order valence-corrected chi connectivity index (χ3v) is 4.13. The molecular weight excluding hydrogens is 334 g/mol. The Kier molecular flexibility index (Phi) is 4.51. The van der Waals surface area contributed by atoms with E-state index in [0.717, 1.165) is 4.68 Å². The van der Waals surface area contributed by atoms with Gasteiger partial charge in [0.25, 0.3) is 6.43 Å². The number of hydrogen-bond donors (Lipinski definition) is 2. The Bertz CT molecular complexity index is 794. The molecule has 0 aliphatic carbocycles. The highest BCUT2D eigenvalue weighted by atomic mass is 19.3. The smallest absolute Gasteiger partial charge is 0.407 e. The van der Waals surface area contributed by atoms with Gasteiger partial charge < -0.3 is 15.3 Å². The summed E-state index contributed by atoms with van der Waals surface area (Å²) in [4.78, 5) is 20.6. The number of nitrogens with one attached hydrogen (secondary N) is 1. The minimum Gasteiger partial charge on any atom is -0.465 e. The van der Waals surface area contributed by atoms with Gasteiger partial charge in [-0.25, -0.2) is 28.2 Å². The summed E-state index contributed by atoms with van der Waals surface area (Å²) >= 11 is 0. The molecule has 1 atom stereocenters. The Labute approximate surface area is 142 Å². The quantitative estimate of drug-likeness (QED) is 0.876. The van der Waals surface area contributed by atoms with Gasteiger partial charge in [-0.2, -0.15) is 5.10 Å². The Morgan fingerprint density at radius 2 is 2.16 bits per heavy atom. The molecule has 0 bridgehead atoms. The average Bonchev–Trinajstić information content (AvgIpc) is 3.14. The van der Waals surface area contributed by atoms with Gasteiger partial charge in [-0.05, 0) is 25.5 Å². The monoisotopic (exact) mass is 352 g/mol. The molecule has 25 heavy (non-hydrogen) atoms. The van der Waals surface area contributed by atoms with E-state index in [9.17, 15) is 13.6 Å². The third-order valence-electron chi connectivity index (χ3n) is 4.13. The first-order valence-corrected chi connectivity index (χ1v) is 7.76. The topological polar surface area (TPSA) is 96.2 Å². The molecule has 10 heteroatoms. The second-order valence-corrected chi connectivity index (χ2v) is 5.91. The molecule has 0 spiro atoms. The summed E-state index contributed by atoms with van der Waals surface area (Å²) in [6.45, 7) is 2.63. The number of nitrogens with zero attached hydrogens (tertiary/aromatic N) is 5. The Hall–Kier alpha value is -2.78. The molecule has 0 radical (unpaired) electrons. The molecule has 1 aliphatic rings. The summed E-state index contributed by atoms with van der Waals surface area (Å²) < 4.78 is 26.7. The van der Waals surface area contributed by atoms with Gasteiger partial charge in [-0.15, -0.1) is 0 Å². The number of carboxylic acid groups (broad SMARTS) is 1. The summed E-state index contributed by atoms with van der Waals surface area (Å²) in [7, 11) is 1.42. The summed E-state index contributed by atoms with van der Waals surface area (Å²) in [6, 6.07) is 3.43. The molecule has 0 unspecified atom stereocenters. The van der Waals surface area contributed by atoms with E-state index in [0.29, 0.717) is 36.6 Å². The number of halogens is 2. The lowest BCUT2D eigenvalue weighted by molar-refractivity contribution is 0.135. The van der Waals surface area contributed by atoms with Crippen molar-refractivity contribution < 1.29 is 18.7 Å². The minimum atomic E-state index is -2.69. The van der Waals surface area contributed by atoms with Crippen molar-refractivity contribution in [2.24, 2.45) is 7.05 Å². The zero-order chi connectivity index (χ0) is 18.1. The Morgan fingerprint density at radius 3 is 2.72 bits per heavy atom. The van der Waals surface area contributed by atoms with Crippen molar-refractivity contribution in [2.45, 2.75) is 25.8 Å². The van der Waals surface area contributed by atoms with Crippen LogP contribution in [0.4, 0.5) is 19.4 Å². The molecule has 1 fully saturated rings. The fourth-order valence-corrected chi connectivity index (χ4v) is 2.84. The molecule has 8 nitrogen and oxygen atoms in total. The average molecular weight is 352 g/mol. The largest absolute Gasteiger partial charge is 0.465 e.